The van der Waals surface area contributed by atoms with Gasteiger partial charge in [-0.2, -0.15) is 0 Å². The van der Waals surface area contributed by atoms with Crippen molar-refractivity contribution in [1.29, 1.82) is 0 Å². The van der Waals surface area contributed by atoms with Crippen LogP contribution in [0.15, 0.2) is 48.5 Å². The molecule has 0 heterocycles. The van der Waals surface area contributed by atoms with Gasteiger partial charge in [-0.3, -0.25) is 10.1 Å². The van der Waals surface area contributed by atoms with Gasteiger partial charge in [-0.05, 0) is 50.1 Å². The normalized spacial score (nSPS) is 13.2. The molecule has 4 heteroatoms. The predicted octanol–water partition coefficient (Wildman–Crippen LogP) is 4.07. The Morgan fingerprint density at radius 3 is 2.25 bits per heavy atom. The van der Waals surface area contributed by atoms with E-state index in [9.17, 15) is 4.79 Å². The molecule has 0 aromatic heterocycles. The number of rotatable bonds is 7. The highest BCUT2D eigenvalue weighted by Gasteiger charge is 2.18. The Bertz CT molecular complexity index is 650. The fourth-order valence-corrected chi connectivity index (χ4v) is 2.55. The molecule has 128 valence electrons. The van der Waals surface area contributed by atoms with Gasteiger partial charge in [0.25, 0.3) is 0 Å². The minimum Gasteiger partial charge on any atom is -0.497 e. The summed E-state index contributed by atoms with van der Waals surface area (Å²) in [7, 11) is 1.65. The molecule has 0 aliphatic rings. The van der Waals surface area contributed by atoms with Crippen molar-refractivity contribution in [2.75, 3.05) is 12.4 Å². The smallest absolute Gasteiger partial charge is 0.241 e. The molecule has 0 fully saturated rings. The maximum Gasteiger partial charge on any atom is 0.241 e. The lowest BCUT2D eigenvalue weighted by Crippen LogP contribution is -2.40. The van der Waals surface area contributed by atoms with Gasteiger partial charge in [0.2, 0.25) is 5.91 Å². The van der Waals surface area contributed by atoms with Crippen molar-refractivity contribution in [3.8, 4) is 5.75 Å². The second-order valence-electron chi connectivity index (χ2n) is 5.98. The highest BCUT2D eigenvalue weighted by molar-refractivity contribution is 5.94. The number of amides is 1. The molecule has 2 rings (SSSR count). The second-order valence-corrected chi connectivity index (χ2v) is 5.98. The predicted molar refractivity (Wildman–Crippen MR) is 98.4 cm³/mol. The summed E-state index contributed by atoms with van der Waals surface area (Å²) in [6.45, 7) is 6.01. The topological polar surface area (TPSA) is 50.4 Å². The SMILES string of the molecule is CC[C@@H](N[C@H](C)C(=O)Nc1ccc(C)cc1)c1ccc(OC)cc1. The maximum absolute atomic E-state index is 12.4. The lowest BCUT2D eigenvalue weighted by atomic mass is 10.0. The van der Waals surface area contributed by atoms with Crippen LogP contribution in [0.4, 0.5) is 5.69 Å². The van der Waals surface area contributed by atoms with Crippen LogP contribution in [0, 0.1) is 6.92 Å². The van der Waals surface area contributed by atoms with E-state index in [2.05, 4.69) is 17.6 Å². The van der Waals surface area contributed by atoms with E-state index in [1.54, 1.807) is 7.11 Å². The lowest BCUT2D eigenvalue weighted by molar-refractivity contribution is -0.118. The van der Waals surface area contributed by atoms with Crippen LogP contribution in [0.25, 0.3) is 0 Å². The number of ether oxygens (including phenoxy) is 1. The number of methoxy groups -OCH3 is 1. The van der Waals surface area contributed by atoms with Gasteiger partial charge in [0.1, 0.15) is 5.75 Å². The summed E-state index contributed by atoms with van der Waals surface area (Å²) < 4.78 is 5.19. The first-order valence-corrected chi connectivity index (χ1v) is 8.31. The third kappa shape index (κ3) is 4.83. The number of carbonyl (C=O) groups is 1. The highest BCUT2D eigenvalue weighted by atomic mass is 16.5. The highest BCUT2D eigenvalue weighted by Crippen LogP contribution is 2.21. The van der Waals surface area contributed by atoms with E-state index in [0.717, 1.165) is 23.4 Å². The summed E-state index contributed by atoms with van der Waals surface area (Å²) in [4.78, 5) is 12.4. The number of hydrogen-bond acceptors (Lipinski definition) is 3. The first-order valence-electron chi connectivity index (χ1n) is 8.31. The van der Waals surface area contributed by atoms with Gasteiger partial charge < -0.3 is 10.1 Å². The molecule has 2 N–H and O–H groups in total. The Hall–Kier alpha value is -2.33. The molecule has 2 aromatic carbocycles. The van der Waals surface area contributed by atoms with Crippen LogP contribution in [0.5, 0.6) is 5.75 Å². The van der Waals surface area contributed by atoms with Gasteiger partial charge in [0, 0.05) is 11.7 Å². The molecule has 0 radical (unpaired) electrons. The van der Waals surface area contributed by atoms with Crippen molar-refractivity contribution < 1.29 is 9.53 Å². The van der Waals surface area contributed by atoms with Crippen molar-refractivity contribution in [2.24, 2.45) is 0 Å². The number of carbonyl (C=O) groups excluding carboxylic acids is 1. The van der Waals surface area contributed by atoms with Crippen molar-refractivity contribution in [3.63, 3.8) is 0 Å². The minimum absolute atomic E-state index is 0.0363. The van der Waals surface area contributed by atoms with Crippen LogP contribution in [0.2, 0.25) is 0 Å². The molecule has 0 bridgehead atoms. The first-order chi connectivity index (χ1) is 11.5. The average Bonchev–Trinajstić information content (AvgIpc) is 2.61. The Morgan fingerprint density at radius 2 is 1.71 bits per heavy atom. The standard InChI is InChI=1S/C20H26N2O2/c1-5-19(16-8-12-18(24-4)13-9-16)21-15(3)20(23)22-17-10-6-14(2)7-11-17/h6-13,15,19,21H,5H2,1-4H3,(H,22,23)/t15-,19-/m1/s1. The van der Waals surface area contributed by atoms with Crippen LogP contribution in [-0.2, 0) is 4.79 Å². The van der Waals surface area contributed by atoms with Gasteiger partial charge in [-0.15, -0.1) is 0 Å². The Morgan fingerprint density at radius 1 is 1.08 bits per heavy atom. The first kappa shape index (κ1) is 18.0. The zero-order valence-corrected chi connectivity index (χ0v) is 14.8. The molecule has 0 aliphatic heterocycles. The molecular weight excluding hydrogens is 300 g/mol. The van der Waals surface area contributed by atoms with Gasteiger partial charge in [0.15, 0.2) is 0 Å². The molecule has 0 spiro atoms. The molecule has 0 unspecified atom stereocenters. The van der Waals surface area contributed by atoms with Crippen LogP contribution in [0.3, 0.4) is 0 Å². The van der Waals surface area contributed by atoms with Crippen LogP contribution in [0.1, 0.15) is 37.4 Å². The molecule has 2 aromatic rings. The van der Waals surface area contributed by atoms with Gasteiger partial charge in [0.05, 0.1) is 13.2 Å². The van der Waals surface area contributed by atoms with E-state index < -0.39 is 0 Å². The number of hydrogen-bond donors (Lipinski definition) is 2. The van der Waals surface area contributed by atoms with E-state index in [4.69, 9.17) is 4.74 Å². The molecule has 0 aliphatic carbocycles. The molecule has 4 nitrogen and oxygen atoms in total. The third-order valence-electron chi connectivity index (χ3n) is 4.09. The number of aryl methyl sites for hydroxylation is 1. The van der Waals surface area contributed by atoms with Gasteiger partial charge in [-0.25, -0.2) is 0 Å². The quantitative estimate of drug-likeness (QED) is 0.806. The number of nitrogens with one attached hydrogen (secondary N) is 2. The molecule has 0 saturated heterocycles. The largest absolute Gasteiger partial charge is 0.497 e. The molecule has 0 saturated carbocycles. The monoisotopic (exact) mass is 326 g/mol. The molecule has 24 heavy (non-hydrogen) atoms. The zero-order valence-electron chi connectivity index (χ0n) is 14.8. The van der Waals surface area contributed by atoms with Crippen molar-refractivity contribution in [1.82, 2.24) is 5.32 Å². The number of benzene rings is 2. The Labute approximate surface area is 144 Å². The summed E-state index contributed by atoms with van der Waals surface area (Å²) in [5.41, 5.74) is 3.13. The molecular formula is C20H26N2O2. The average molecular weight is 326 g/mol. The summed E-state index contributed by atoms with van der Waals surface area (Å²) in [6.07, 6.45) is 0.897. The van der Waals surface area contributed by atoms with E-state index in [1.807, 2.05) is 62.4 Å². The van der Waals surface area contributed by atoms with E-state index >= 15 is 0 Å². The zero-order chi connectivity index (χ0) is 17.5. The molecule has 2 atom stereocenters. The van der Waals surface area contributed by atoms with Crippen LogP contribution in [-0.4, -0.2) is 19.1 Å². The van der Waals surface area contributed by atoms with E-state index in [0.29, 0.717) is 0 Å². The maximum atomic E-state index is 12.4. The Kier molecular flexibility index (Phi) is 6.38. The minimum atomic E-state index is -0.293. The summed E-state index contributed by atoms with van der Waals surface area (Å²) in [6, 6.07) is 15.6. The van der Waals surface area contributed by atoms with Gasteiger partial charge in [-0.1, -0.05) is 36.8 Å². The van der Waals surface area contributed by atoms with Crippen LogP contribution < -0.4 is 15.4 Å². The van der Waals surface area contributed by atoms with Crippen LogP contribution >= 0.6 is 0 Å². The van der Waals surface area contributed by atoms with E-state index in [-0.39, 0.29) is 18.0 Å². The fourth-order valence-electron chi connectivity index (χ4n) is 2.55. The van der Waals surface area contributed by atoms with E-state index in [1.165, 1.54) is 5.56 Å². The summed E-state index contributed by atoms with van der Waals surface area (Å²) >= 11 is 0. The molecule has 1 amide bonds. The number of anilines is 1. The summed E-state index contributed by atoms with van der Waals surface area (Å²) in [5, 5.41) is 6.35. The second kappa shape index (κ2) is 8.50. The Balaban J connectivity index is 1.98. The third-order valence-corrected chi connectivity index (χ3v) is 4.09. The van der Waals surface area contributed by atoms with Gasteiger partial charge >= 0.3 is 0 Å². The fraction of sp³-hybridized carbons (Fsp3) is 0.350. The lowest BCUT2D eigenvalue weighted by Gasteiger charge is -2.22. The van der Waals surface area contributed by atoms with Crippen molar-refractivity contribution in [2.45, 2.75) is 39.3 Å². The summed E-state index contributed by atoms with van der Waals surface area (Å²) in [5.74, 6) is 0.796. The van der Waals surface area contributed by atoms with Crippen molar-refractivity contribution >= 4 is 11.6 Å². The van der Waals surface area contributed by atoms with Crippen molar-refractivity contribution in [3.05, 3.63) is 59.7 Å².